The summed E-state index contributed by atoms with van der Waals surface area (Å²) in [5, 5.41) is 20.3. The molecule has 0 unspecified atom stereocenters. The maximum Gasteiger partial charge on any atom is 0.322 e. The number of carbonyl (C=O) groups is 1. The molecular weight excluding hydrogens is 306 g/mol. The zero-order chi connectivity index (χ0) is 13.7. The van der Waals surface area contributed by atoms with E-state index in [0.29, 0.717) is 10.2 Å². The highest BCUT2D eigenvalue weighted by Gasteiger charge is 2.06. The van der Waals surface area contributed by atoms with Gasteiger partial charge in [-0.25, -0.2) is 0 Å². The van der Waals surface area contributed by atoms with Gasteiger partial charge in [0.1, 0.15) is 6.54 Å². The largest absolute Gasteiger partial charge is 0.480 e. The Hall–Kier alpha value is -1.31. The Balaban J connectivity index is 1.86. The van der Waals surface area contributed by atoms with Crippen molar-refractivity contribution >= 4 is 45.8 Å². The first-order valence-corrected chi connectivity index (χ1v) is 7.48. The highest BCUT2D eigenvalue weighted by atomic mass is 35.5. The summed E-state index contributed by atoms with van der Waals surface area (Å²) in [6, 6.07) is 7.61. The van der Waals surface area contributed by atoms with Crippen molar-refractivity contribution in [1.29, 1.82) is 0 Å². The van der Waals surface area contributed by atoms with E-state index >= 15 is 0 Å². The third-order valence-electron chi connectivity index (χ3n) is 2.07. The van der Waals surface area contributed by atoms with Crippen LogP contribution in [-0.4, -0.2) is 27.8 Å². The van der Waals surface area contributed by atoms with Crippen LogP contribution >= 0.6 is 34.7 Å². The Bertz CT molecular complexity index is 559. The number of rotatable bonds is 6. The first-order valence-electron chi connectivity index (χ1n) is 5.30. The van der Waals surface area contributed by atoms with Gasteiger partial charge >= 0.3 is 5.97 Å². The van der Waals surface area contributed by atoms with Crippen molar-refractivity contribution in [3.05, 3.63) is 34.9 Å². The summed E-state index contributed by atoms with van der Waals surface area (Å²) in [6.07, 6.45) is 0. The normalized spacial score (nSPS) is 10.4. The highest BCUT2D eigenvalue weighted by molar-refractivity contribution is 8.00. The fourth-order valence-electron chi connectivity index (χ4n) is 1.22. The Morgan fingerprint density at radius 3 is 2.79 bits per heavy atom. The number of carboxylic acids is 1. The van der Waals surface area contributed by atoms with Crippen molar-refractivity contribution < 1.29 is 9.90 Å². The lowest BCUT2D eigenvalue weighted by Crippen LogP contribution is -2.11. The second kappa shape index (κ2) is 6.74. The second-order valence-electron chi connectivity index (χ2n) is 3.54. The van der Waals surface area contributed by atoms with Crippen LogP contribution < -0.4 is 5.32 Å². The molecule has 100 valence electrons. The third kappa shape index (κ3) is 4.70. The Kier molecular flexibility index (Phi) is 5.00. The van der Waals surface area contributed by atoms with Gasteiger partial charge in [0.05, 0.1) is 0 Å². The topological polar surface area (TPSA) is 75.1 Å². The number of anilines is 1. The van der Waals surface area contributed by atoms with Gasteiger partial charge in [0.2, 0.25) is 5.13 Å². The molecule has 0 aliphatic rings. The number of nitrogens with zero attached hydrogens (tertiary/aromatic N) is 2. The maximum absolute atomic E-state index is 10.4. The van der Waals surface area contributed by atoms with Crippen LogP contribution in [0.25, 0.3) is 0 Å². The van der Waals surface area contributed by atoms with Gasteiger partial charge in [-0.2, -0.15) is 0 Å². The molecular formula is C11H10ClN3O2S2. The van der Waals surface area contributed by atoms with Crippen molar-refractivity contribution in [3.63, 3.8) is 0 Å². The van der Waals surface area contributed by atoms with Crippen LogP contribution in [0.15, 0.2) is 28.6 Å². The van der Waals surface area contributed by atoms with E-state index in [9.17, 15) is 4.79 Å². The first kappa shape index (κ1) is 14.1. The molecule has 0 fully saturated rings. The zero-order valence-electron chi connectivity index (χ0n) is 9.67. The van der Waals surface area contributed by atoms with E-state index in [1.165, 1.54) is 11.3 Å². The number of aromatic nitrogens is 2. The lowest BCUT2D eigenvalue weighted by Gasteiger charge is -1.98. The van der Waals surface area contributed by atoms with E-state index in [-0.39, 0.29) is 6.54 Å². The second-order valence-corrected chi connectivity index (χ2v) is 6.17. The van der Waals surface area contributed by atoms with E-state index in [2.05, 4.69) is 15.5 Å². The molecule has 2 rings (SSSR count). The summed E-state index contributed by atoms with van der Waals surface area (Å²) in [4.78, 5) is 10.4. The van der Waals surface area contributed by atoms with Crippen LogP contribution in [0.4, 0.5) is 5.13 Å². The lowest BCUT2D eigenvalue weighted by molar-refractivity contribution is -0.134. The summed E-state index contributed by atoms with van der Waals surface area (Å²) in [7, 11) is 0. The minimum absolute atomic E-state index is 0.156. The molecule has 0 atom stereocenters. The van der Waals surface area contributed by atoms with Crippen LogP contribution in [0.1, 0.15) is 5.56 Å². The summed E-state index contributed by atoms with van der Waals surface area (Å²) in [5.41, 5.74) is 1.14. The number of halogens is 1. The monoisotopic (exact) mass is 315 g/mol. The molecule has 1 aromatic heterocycles. The fourth-order valence-corrected chi connectivity index (χ4v) is 3.05. The summed E-state index contributed by atoms with van der Waals surface area (Å²) in [5.74, 6) is -0.157. The molecule has 0 aliphatic carbocycles. The van der Waals surface area contributed by atoms with Crippen LogP contribution in [-0.2, 0) is 10.5 Å². The van der Waals surface area contributed by atoms with Crippen LogP contribution in [0.5, 0.6) is 0 Å². The van der Waals surface area contributed by atoms with Gasteiger partial charge in [-0.15, -0.1) is 10.2 Å². The predicted octanol–water partition coefficient (Wildman–Crippen LogP) is 2.98. The SMILES string of the molecule is O=C(O)CNc1nnc(SCc2ccc(Cl)cc2)s1. The van der Waals surface area contributed by atoms with Crippen LogP contribution in [0.2, 0.25) is 5.02 Å². The van der Waals surface area contributed by atoms with Crippen LogP contribution in [0, 0.1) is 0 Å². The summed E-state index contributed by atoms with van der Waals surface area (Å²) in [6.45, 7) is -0.156. The molecule has 0 amide bonds. The third-order valence-corrected chi connectivity index (χ3v) is 4.41. The molecule has 2 aromatic rings. The number of hydrogen-bond donors (Lipinski definition) is 2. The quantitative estimate of drug-likeness (QED) is 0.798. The molecule has 0 radical (unpaired) electrons. The van der Waals surface area contributed by atoms with Crippen molar-refractivity contribution in [1.82, 2.24) is 10.2 Å². The number of aliphatic carboxylic acids is 1. The standard InChI is InChI=1S/C11H10ClN3O2S2/c12-8-3-1-7(2-4-8)6-18-11-15-14-10(19-11)13-5-9(16)17/h1-4H,5-6H2,(H,13,14)(H,16,17). The number of nitrogens with one attached hydrogen (secondary N) is 1. The van der Waals surface area contributed by atoms with Crippen molar-refractivity contribution in [2.45, 2.75) is 10.1 Å². The lowest BCUT2D eigenvalue weighted by atomic mass is 10.2. The van der Waals surface area contributed by atoms with E-state index in [1.54, 1.807) is 11.8 Å². The highest BCUT2D eigenvalue weighted by Crippen LogP contribution is 2.28. The molecule has 1 heterocycles. The molecule has 0 bridgehead atoms. The van der Waals surface area contributed by atoms with Crippen molar-refractivity contribution in [3.8, 4) is 0 Å². The van der Waals surface area contributed by atoms with Gasteiger partial charge in [-0.05, 0) is 17.7 Å². The molecule has 5 nitrogen and oxygen atoms in total. The Morgan fingerprint density at radius 2 is 2.11 bits per heavy atom. The fraction of sp³-hybridized carbons (Fsp3) is 0.182. The van der Waals surface area contributed by atoms with E-state index < -0.39 is 5.97 Å². The zero-order valence-corrected chi connectivity index (χ0v) is 12.1. The average molecular weight is 316 g/mol. The summed E-state index contributed by atoms with van der Waals surface area (Å²) >= 11 is 8.70. The molecule has 8 heteroatoms. The van der Waals surface area contributed by atoms with Crippen molar-refractivity contribution in [2.75, 3.05) is 11.9 Å². The van der Waals surface area contributed by atoms with Gasteiger partial charge < -0.3 is 10.4 Å². The van der Waals surface area contributed by atoms with E-state index in [0.717, 1.165) is 15.7 Å². The van der Waals surface area contributed by atoms with Crippen molar-refractivity contribution in [2.24, 2.45) is 0 Å². The molecule has 19 heavy (non-hydrogen) atoms. The molecule has 0 aliphatic heterocycles. The molecule has 2 N–H and O–H groups in total. The number of carboxylic acid groups (broad SMARTS) is 1. The number of benzene rings is 1. The van der Waals surface area contributed by atoms with Gasteiger partial charge in [-0.3, -0.25) is 4.79 Å². The van der Waals surface area contributed by atoms with Gasteiger partial charge in [-0.1, -0.05) is 46.8 Å². The molecule has 0 saturated heterocycles. The summed E-state index contributed by atoms with van der Waals surface area (Å²) < 4.78 is 0.794. The van der Waals surface area contributed by atoms with Gasteiger partial charge in [0, 0.05) is 10.8 Å². The molecule has 1 aromatic carbocycles. The maximum atomic E-state index is 10.4. The minimum Gasteiger partial charge on any atom is -0.480 e. The predicted molar refractivity (Wildman–Crippen MR) is 77.0 cm³/mol. The van der Waals surface area contributed by atoms with E-state index in [4.69, 9.17) is 16.7 Å². The average Bonchev–Trinajstić information content (AvgIpc) is 2.84. The number of thioether (sulfide) groups is 1. The molecule has 0 saturated carbocycles. The first-order chi connectivity index (χ1) is 9.13. The van der Waals surface area contributed by atoms with E-state index in [1.807, 2.05) is 24.3 Å². The van der Waals surface area contributed by atoms with Gasteiger partial charge in [0.15, 0.2) is 4.34 Å². The van der Waals surface area contributed by atoms with Gasteiger partial charge in [0.25, 0.3) is 0 Å². The van der Waals surface area contributed by atoms with Crippen LogP contribution in [0.3, 0.4) is 0 Å². The smallest absolute Gasteiger partial charge is 0.322 e. The minimum atomic E-state index is -0.925. The Morgan fingerprint density at radius 1 is 1.37 bits per heavy atom. The molecule has 0 spiro atoms. The number of hydrogen-bond acceptors (Lipinski definition) is 6. The Labute approximate surface area is 123 Å².